The summed E-state index contributed by atoms with van der Waals surface area (Å²) in [7, 11) is 0. The van der Waals surface area contributed by atoms with E-state index in [4.69, 9.17) is 0 Å². The number of ketones is 1. The number of hydrogen-bond donors (Lipinski definition) is 1. The van der Waals surface area contributed by atoms with E-state index in [9.17, 15) is 14.0 Å². The first kappa shape index (κ1) is 15.9. The second-order valence-electron chi connectivity index (χ2n) is 5.38. The molecule has 0 aliphatic rings. The summed E-state index contributed by atoms with van der Waals surface area (Å²) >= 11 is 0. The first-order valence-electron chi connectivity index (χ1n) is 7.60. The van der Waals surface area contributed by atoms with Gasteiger partial charge < -0.3 is 9.72 Å². The second-order valence-corrected chi connectivity index (χ2v) is 5.38. The molecule has 0 saturated carbocycles. The molecule has 3 aromatic rings. The minimum Gasteiger partial charge on any atom is -0.349 e. The van der Waals surface area contributed by atoms with Crippen LogP contribution in [-0.2, 0) is 11.3 Å². The van der Waals surface area contributed by atoms with Gasteiger partial charge in [-0.3, -0.25) is 9.59 Å². The first-order chi connectivity index (χ1) is 11.6. The van der Waals surface area contributed by atoms with Crippen LogP contribution >= 0.6 is 0 Å². The molecule has 0 saturated heterocycles. The molecule has 5 nitrogen and oxygen atoms in total. The highest BCUT2D eigenvalue weighted by Crippen LogP contribution is 2.08. The summed E-state index contributed by atoms with van der Waals surface area (Å²) in [5.41, 5.74) is 1.36. The van der Waals surface area contributed by atoms with E-state index in [-0.39, 0.29) is 24.5 Å². The second kappa shape index (κ2) is 7.04. The Morgan fingerprint density at radius 1 is 1.08 bits per heavy atom. The average molecular weight is 325 g/mol. The van der Waals surface area contributed by atoms with Gasteiger partial charge >= 0.3 is 0 Å². The lowest BCUT2D eigenvalue weighted by atomic mass is 10.1. The Labute approximate surface area is 138 Å². The van der Waals surface area contributed by atoms with E-state index in [1.807, 2.05) is 28.8 Å². The van der Waals surface area contributed by atoms with Gasteiger partial charge in [-0.15, -0.1) is 0 Å². The third-order valence-electron chi connectivity index (χ3n) is 3.70. The lowest BCUT2D eigenvalue weighted by Crippen LogP contribution is -2.24. The average Bonchev–Trinajstić information content (AvgIpc) is 3.01. The molecule has 2 heterocycles. The molecule has 0 aliphatic carbocycles. The quantitative estimate of drug-likeness (QED) is 0.709. The largest absolute Gasteiger partial charge is 0.349 e. The molecule has 0 unspecified atom stereocenters. The van der Waals surface area contributed by atoms with Crippen molar-refractivity contribution in [2.24, 2.45) is 0 Å². The van der Waals surface area contributed by atoms with E-state index < -0.39 is 5.82 Å². The number of carbonyl (C=O) groups excluding carboxylic acids is 2. The molecule has 122 valence electrons. The van der Waals surface area contributed by atoms with Crippen LogP contribution < -0.4 is 5.32 Å². The predicted molar refractivity (Wildman–Crippen MR) is 87.0 cm³/mol. The number of fused-ring (bicyclic) bond motifs is 1. The SMILES string of the molecule is O=C(CCC(=O)c1ccc(F)cc1)NCc1ncc2ccccn12. The Kier molecular flexibility index (Phi) is 4.65. The molecule has 3 rings (SSSR count). The van der Waals surface area contributed by atoms with E-state index in [1.165, 1.54) is 24.3 Å². The van der Waals surface area contributed by atoms with Crippen molar-refractivity contribution in [3.8, 4) is 0 Å². The van der Waals surface area contributed by atoms with Crippen molar-refractivity contribution in [3.05, 3.63) is 72.1 Å². The summed E-state index contributed by atoms with van der Waals surface area (Å²) in [5.74, 6) is -0.0745. The topological polar surface area (TPSA) is 63.5 Å². The maximum atomic E-state index is 12.8. The minimum atomic E-state index is -0.392. The van der Waals surface area contributed by atoms with E-state index in [2.05, 4.69) is 10.3 Å². The van der Waals surface area contributed by atoms with Crippen molar-refractivity contribution in [1.82, 2.24) is 14.7 Å². The molecular formula is C18H16FN3O2. The van der Waals surface area contributed by atoms with Crippen molar-refractivity contribution in [2.75, 3.05) is 0 Å². The lowest BCUT2D eigenvalue weighted by molar-refractivity contribution is -0.121. The molecule has 0 atom stereocenters. The van der Waals surface area contributed by atoms with Gasteiger partial charge in [-0.25, -0.2) is 9.37 Å². The number of pyridine rings is 1. The number of nitrogens with one attached hydrogen (secondary N) is 1. The predicted octanol–water partition coefficient (Wildman–Crippen LogP) is 2.75. The zero-order valence-electron chi connectivity index (χ0n) is 12.9. The summed E-state index contributed by atoms with van der Waals surface area (Å²) in [6.45, 7) is 0.293. The lowest BCUT2D eigenvalue weighted by Gasteiger charge is -2.05. The molecule has 0 fully saturated rings. The van der Waals surface area contributed by atoms with Crippen LogP contribution in [0.25, 0.3) is 5.52 Å². The van der Waals surface area contributed by atoms with Gasteiger partial charge in [0.2, 0.25) is 5.91 Å². The van der Waals surface area contributed by atoms with Gasteiger partial charge in [-0.2, -0.15) is 0 Å². The van der Waals surface area contributed by atoms with E-state index in [0.29, 0.717) is 12.1 Å². The third kappa shape index (κ3) is 3.65. The van der Waals surface area contributed by atoms with Crippen molar-refractivity contribution < 1.29 is 14.0 Å². The van der Waals surface area contributed by atoms with Crippen LogP contribution in [0.5, 0.6) is 0 Å². The van der Waals surface area contributed by atoms with Crippen LogP contribution in [0.4, 0.5) is 4.39 Å². The highest BCUT2D eigenvalue weighted by molar-refractivity contribution is 5.97. The molecule has 0 bridgehead atoms. The van der Waals surface area contributed by atoms with Gasteiger partial charge in [0.05, 0.1) is 18.3 Å². The number of aromatic nitrogens is 2. The first-order valence-corrected chi connectivity index (χ1v) is 7.60. The van der Waals surface area contributed by atoms with Crippen LogP contribution in [0.3, 0.4) is 0 Å². The molecule has 24 heavy (non-hydrogen) atoms. The Morgan fingerprint density at radius 2 is 1.88 bits per heavy atom. The van der Waals surface area contributed by atoms with E-state index >= 15 is 0 Å². The molecule has 0 aliphatic heterocycles. The van der Waals surface area contributed by atoms with Crippen molar-refractivity contribution in [3.63, 3.8) is 0 Å². The Morgan fingerprint density at radius 3 is 2.67 bits per heavy atom. The number of carbonyl (C=O) groups is 2. The number of nitrogens with zero attached hydrogens (tertiary/aromatic N) is 2. The minimum absolute atomic E-state index is 0.0829. The van der Waals surface area contributed by atoms with E-state index in [0.717, 1.165) is 11.3 Å². The number of halogens is 1. The fourth-order valence-electron chi connectivity index (χ4n) is 2.40. The van der Waals surface area contributed by atoms with Crippen LogP contribution in [-0.4, -0.2) is 21.1 Å². The molecule has 2 aromatic heterocycles. The zero-order chi connectivity index (χ0) is 16.9. The maximum absolute atomic E-state index is 12.8. The van der Waals surface area contributed by atoms with Gasteiger partial charge in [0, 0.05) is 24.6 Å². The number of hydrogen-bond acceptors (Lipinski definition) is 3. The summed E-state index contributed by atoms with van der Waals surface area (Å²) in [6, 6.07) is 11.0. The highest BCUT2D eigenvalue weighted by atomic mass is 19.1. The van der Waals surface area contributed by atoms with Gasteiger partial charge in [-0.05, 0) is 36.4 Å². The Hall–Kier alpha value is -3.02. The zero-order valence-corrected chi connectivity index (χ0v) is 12.9. The summed E-state index contributed by atoms with van der Waals surface area (Å²) in [6.07, 6.45) is 3.78. The van der Waals surface area contributed by atoms with Gasteiger partial charge in [0.25, 0.3) is 0 Å². The van der Waals surface area contributed by atoms with Crippen molar-refractivity contribution in [2.45, 2.75) is 19.4 Å². The van der Waals surface area contributed by atoms with Gasteiger partial charge in [-0.1, -0.05) is 6.07 Å². The van der Waals surface area contributed by atoms with Crippen LogP contribution in [0.2, 0.25) is 0 Å². The molecule has 1 amide bonds. The Bertz CT molecular complexity index is 871. The molecule has 1 N–H and O–H groups in total. The number of benzene rings is 1. The summed E-state index contributed by atoms with van der Waals surface area (Å²) in [4.78, 5) is 28.1. The number of rotatable bonds is 6. The van der Waals surface area contributed by atoms with E-state index in [1.54, 1.807) is 6.20 Å². The summed E-state index contributed by atoms with van der Waals surface area (Å²) < 4.78 is 14.7. The Balaban J connectivity index is 1.51. The molecule has 6 heteroatoms. The molecule has 0 spiro atoms. The van der Waals surface area contributed by atoms with Gasteiger partial charge in [0.1, 0.15) is 11.6 Å². The molecule has 0 radical (unpaired) electrons. The standard InChI is InChI=1S/C18H16FN3O2/c19-14-6-4-13(5-7-14)16(23)8-9-18(24)21-12-17-20-11-15-3-1-2-10-22(15)17/h1-7,10-11H,8-9,12H2,(H,21,24). The van der Waals surface area contributed by atoms with Gasteiger partial charge in [0.15, 0.2) is 5.78 Å². The monoisotopic (exact) mass is 325 g/mol. The number of Topliss-reactive ketones (excluding diaryl/α,β-unsaturated/α-hetero) is 1. The van der Waals surface area contributed by atoms with Crippen molar-refractivity contribution in [1.29, 1.82) is 0 Å². The van der Waals surface area contributed by atoms with Crippen LogP contribution in [0, 0.1) is 5.82 Å². The fraction of sp³-hybridized carbons (Fsp3) is 0.167. The van der Waals surface area contributed by atoms with Crippen molar-refractivity contribution >= 4 is 17.2 Å². The highest BCUT2D eigenvalue weighted by Gasteiger charge is 2.10. The summed E-state index contributed by atoms with van der Waals surface area (Å²) in [5, 5.41) is 2.76. The fourth-order valence-corrected chi connectivity index (χ4v) is 2.40. The van der Waals surface area contributed by atoms with Crippen LogP contribution in [0.1, 0.15) is 29.0 Å². The normalized spacial score (nSPS) is 10.7. The molecular weight excluding hydrogens is 309 g/mol. The number of imidazole rings is 1. The smallest absolute Gasteiger partial charge is 0.220 e. The third-order valence-corrected chi connectivity index (χ3v) is 3.70. The van der Waals surface area contributed by atoms with Crippen LogP contribution in [0.15, 0.2) is 54.9 Å². The number of amides is 1. The molecule has 1 aromatic carbocycles. The maximum Gasteiger partial charge on any atom is 0.220 e.